The summed E-state index contributed by atoms with van der Waals surface area (Å²) in [6.45, 7) is 5.92. The van der Waals surface area contributed by atoms with E-state index in [1.165, 1.54) is 11.1 Å². The molecule has 21 heavy (non-hydrogen) atoms. The lowest BCUT2D eigenvalue weighted by Crippen LogP contribution is -2.37. The summed E-state index contributed by atoms with van der Waals surface area (Å²) in [6.07, 6.45) is 2.50. The van der Waals surface area contributed by atoms with E-state index in [9.17, 15) is 9.59 Å². The summed E-state index contributed by atoms with van der Waals surface area (Å²) in [5, 5.41) is 0. The van der Waals surface area contributed by atoms with E-state index >= 15 is 0 Å². The second kappa shape index (κ2) is 6.88. The molecule has 1 aliphatic rings. The van der Waals surface area contributed by atoms with Crippen LogP contribution in [0.3, 0.4) is 0 Å². The molecule has 0 heterocycles. The van der Waals surface area contributed by atoms with E-state index in [2.05, 4.69) is 12.1 Å². The summed E-state index contributed by atoms with van der Waals surface area (Å²) in [5.41, 5.74) is 2.58. The number of carbonyl (C=O) groups excluding carboxylic acids is 2. The molecule has 0 fully saturated rings. The predicted octanol–water partition coefficient (Wildman–Crippen LogP) is 3.20. The van der Waals surface area contributed by atoms with E-state index in [0.29, 0.717) is 6.61 Å². The number of ketones is 1. The molecule has 2 rings (SSSR count). The highest BCUT2D eigenvalue weighted by molar-refractivity contribution is 6.00. The van der Waals surface area contributed by atoms with Crippen molar-refractivity contribution >= 4 is 11.8 Å². The Morgan fingerprint density at radius 1 is 1.24 bits per heavy atom. The third-order valence-electron chi connectivity index (χ3n) is 4.26. The summed E-state index contributed by atoms with van der Waals surface area (Å²) in [5.74, 6) is -1.01. The molecule has 0 aliphatic heterocycles. The van der Waals surface area contributed by atoms with Gasteiger partial charge in [0.1, 0.15) is 5.92 Å². The maximum atomic E-state index is 12.8. The van der Waals surface area contributed by atoms with E-state index in [-0.39, 0.29) is 23.6 Å². The summed E-state index contributed by atoms with van der Waals surface area (Å²) >= 11 is 0. The number of hydrogen-bond donors (Lipinski definition) is 0. The van der Waals surface area contributed by atoms with Crippen LogP contribution in [0.25, 0.3) is 0 Å². The van der Waals surface area contributed by atoms with Crippen molar-refractivity contribution in [2.24, 2.45) is 17.8 Å². The van der Waals surface area contributed by atoms with Crippen LogP contribution in [0.2, 0.25) is 0 Å². The van der Waals surface area contributed by atoms with Gasteiger partial charge in [-0.25, -0.2) is 0 Å². The number of aryl methyl sites for hydroxylation is 1. The molecule has 0 radical (unpaired) electrons. The standard InChI is InChI=1S/C18H24O3/c1-4-21-18(20)16(12(2)3)17(19)15-10-9-13-7-5-6-8-14(13)11-15/h5-8,12,15-16H,4,9-11H2,1-3H3. The second-order valence-electron chi connectivity index (χ2n) is 6.08. The van der Waals surface area contributed by atoms with Gasteiger partial charge in [0, 0.05) is 5.92 Å². The number of carbonyl (C=O) groups is 2. The highest BCUT2D eigenvalue weighted by Crippen LogP contribution is 2.30. The Morgan fingerprint density at radius 3 is 2.52 bits per heavy atom. The summed E-state index contributed by atoms with van der Waals surface area (Å²) in [4.78, 5) is 24.8. The van der Waals surface area contributed by atoms with Crippen molar-refractivity contribution in [1.29, 1.82) is 0 Å². The highest BCUT2D eigenvalue weighted by atomic mass is 16.5. The fourth-order valence-corrected chi connectivity index (χ4v) is 3.14. The Hall–Kier alpha value is -1.64. The summed E-state index contributed by atoms with van der Waals surface area (Å²) in [7, 11) is 0. The Labute approximate surface area is 126 Å². The predicted molar refractivity (Wildman–Crippen MR) is 81.9 cm³/mol. The molecule has 0 saturated carbocycles. The second-order valence-corrected chi connectivity index (χ2v) is 6.08. The van der Waals surface area contributed by atoms with Gasteiger partial charge < -0.3 is 4.74 Å². The first-order chi connectivity index (χ1) is 10.0. The van der Waals surface area contributed by atoms with Gasteiger partial charge in [-0.05, 0) is 43.2 Å². The van der Waals surface area contributed by atoms with Crippen LogP contribution in [-0.4, -0.2) is 18.4 Å². The zero-order valence-corrected chi connectivity index (χ0v) is 13.1. The van der Waals surface area contributed by atoms with Gasteiger partial charge in [-0.2, -0.15) is 0 Å². The molecule has 3 heteroatoms. The lowest BCUT2D eigenvalue weighted by Gasteiger charge is -2.27. The van der Waals surface area contributed by atoms with Gasteiger partial charge >= 0.3 is 5.97 Å². The normalized spacial score (nSPS) is 19.0. The highest BCUT2D eigenvalue weighted by Gasteiger charge is 2.36. The molecule has 1 aromatic rings. The van der Waals surface area contributed by atoms with Crippen LogP contribution in [0.5, 0.6) is 0 Å². The van der Waals surface area contributed by atoms with Crippen molar-refractivity contribution in [3.8, 4) is 0 Å². The molecule has 3 nitrogen and oxygen atoms in total. The molecular weight excluding hydrogens is 264 g/mol. The number of fused-ring (bicyclic) bond motifs is 1. The molecule has 1 aromatic carbocycles. The SMILES string of the molecule is CCOC(=O)C(C(=O)C1CCc2ccccc2C1)C(C)C. The number of hydrogen-bond acceptors (Lipinski definition) is 3. The topological polar surface area (TPSA) is 43.4 Å². The van der Waals surface area contributed by atoms with E-state index in [1.807, 2.05) is 26.0 Å². The number of rotatable bonds is 5. The van der Waals surface area contributed by atoms with Crippen molar-refractivity contribution in [3.63, 3.8) is 0 Å². The van der Waals surface area contributed by atoms with Crippen LogP contribution in [0, 0.1) is 17.8 Å². The maximum Gasteiger partial charge on any atom is 0.316 e. The minimum atomic E-state index is -0.625. The maximum absolute atomic E-state index is 12.8. The van der Waals surface area contributed by atoms with Crippen LogP contribution in [0.1, 0.15) is 38.3 Å². The largest absolute Gasteiger partial charge is 0.465 e. The molecule has 2 unspecified atom stereocenters. The van der Waals surface area contributed by atoms with Crippen molar-refractivity contribution in [2.45, 2.75) is 40.0 Å². The monoisotopic (exact) mass is 288 g/mol. The lowest BCUT2D eigenvalue weighted by molar-refractivity contribution is -0.154. The lowest BCUT2D eigenvalue weighted by atomic mass is 9.76. The Balaban J connectivity index is 2.14. The Morgan fingerprint density at radius 2 is 1.90 bits per heavy atom. The number of benzene rings is 1. The fourth-order valence-electron chi connectivity index (χ4n) is 3.14. The molecule has 0 spiro atoms. The third kappa shape index (κ3) is 3.52. The Kier molecular flexibility index (Phi) is 5.16. The van der Waals surface area contributed by atoms with Gasteiger partial charge in [0.05, 0.1) is 6.61 Å². The molecule has 0 aromatic heterocycles. The first kappa shape index (κ1) is 15.7. The first-order valence-corrected chi connectivity index (χ1v) is 7.81. The molecule has 0 N–H and O–H groups in total. The molecule has 0 bridgehead atoms. The molecule has 0 saturated heterocycles. The zero-order valence-electron chi connectivity index (χ0n) is 13.1. The van der Waals surface area contributed by atoms with E-state index < -0.39 is 5.92 Å². The number of esters is 1. The minimum absolute atomic E-state index is 0.0197. The van der Waals surface area contributed by atoms with Crippen molar-refractivity contribution < 1.29 is 14.3 Å². The van der Waals surface area contributed by atoms with Gasteiger partial charge in [-0.3, -0.25) is 9.59 Å². The first-order valence-electron chi connectivity index (χ1n) is 7.81. The molecule has 0 amide bonds. The van der Waals surface area contributed by atoms with Crippen molar-refractivity contribution in [1.82, 2.24) is 0 Å². The average molecular weight is 288 g/mol. The van der Waals surface area contributed by atoms with Gasteiger partial charge in [0.25, 0.3) is 0 Å². The Bertz CT molecular complexity index is 519. The number of Topliss-reactive ketones (excluding diaryl/α,β-unsaturated/α-hetero) is 1. The number of ether oxygens (including phenoxy) is 1. The molecule has 114 valence electrons. The molecule has 1 aliphatic carbocycles. The van der Waals surface area contributed by atoms with Crippen LogP contribution >= 0.6 is 0 Å². The summed E-state index contributed by atoms with van der Waals surface area (Å²) < 4.78 is 5.09. The average Bonchev–Trinajstić information content (AvgIpc) is 2.46. The van der Waals surface area contributed by atoms with Crippen molar-refractivity contribution in [2.75, 3.05) is 6.61 Å². The van der Waals surface area contributed by atoms with E-state index in [1.54, 1.807) is 6.92 Å². The van der Waals surface area contributed by atoms with E-state index in [4.69, 9.17) is 4.74 Å². The van der Waals surface area contributed by atoms with Crippen molar-refractivity contribution in [3.05, 3.63) is 35.4 Å². The smallest absolute Gasteiger partial charge is 0.316 e. The van der Waals surface area contributed by atoms with Crippen LogP contribution in [0.15, 0.2) is 24.3 Å². The quantitative estimate of drug-likeness (QED) is 0.617. The van der Waals surface area contributed by atoms with Crippen LogP contribution < -0.4 is 0 Å². The van der Waals surface area contributed by atoms with Crippen LogP contribution in [0.4, 0.5) is 0 Å². The summed E-state index contributed by atoms with van der Waals surface area (Å²) in [6, 6.07) is 8.26. The third-order valence-corrected chi connectivity index (χ3v) is 4.26. The van der Waals surface area contributed by atoms with Gasteiger partial charge in [-0.1, -0.05) is 38.1 Å². The minimum Gasteiger partial charge on any atom is -0.465 e. The molecular formula is C18H24O3. The van der Waals surface area contributed by atoms with E-state index in [0.717, 1.165) is 19.3 Å². The van der Waals surface area contributed by atoms with Gasteiger partial charge in [0.15, 0.2) is 5.78 Å². The molecule has 2 atom stereocenters. The van der Waals surface area contributed by atoms with Gasteiger partial charge in [0.2, 0.25) is 0 Å². The fraction of sp³-hybridized carbons (Fsp3) is 0.556. The van der Waals surface area contributed by atoms with Gasteiger partial charge in [-0.15, -0.1) is 0 Å². The zero-order chi connectivity index (χ0) is 15.4. The van der Waals surface area contributed by atoms with Crippen LogP contribution in [-0.2, 0) is 27.2 Å².